The topological polar surface area (TPSA) is 0 Å². The Morgan fingerprint density at radius 3 is 1.85 bits per heavy atom. The van der Waals surface area contributed by atoms with Crippen LogP contribution >= 0.6 is 0 Å². The number of benzene rings is 1. The average Bonchev–Trinajstić information content (AvgIpc) is 2.15. The molecular weight excluding hydrogens is 184 g/mol. The van der Waals surface area contributed by atoms with Gasteiger partial charge >= 0.3 is 0 Å². The first-order valence-corrected chi connectivity index (χ1v) is 3.52. The van der Waals surface area contributed by atoms with Crippen LogP contribution in [0.15, 0.2) is 6.07 Å². The molecule has 0 spiro atoms. The van der Waals surface area contributed by atoms with Gasteiger partial charge < -0.3 is 0 Å². The molecule has 0 saturated heterocycles. The van der Waals surface area contributed by atoms with Crippen LogP contribution in [-0.4, -0.2) is 7.18 Å². The van der Waals surface area contributed by atoms with Gasteiger partial charge in [-0.25, -0.2) is 13.2 Å². The number of hydrogen-bond acceptors (Lipinski definition) is 0. The SMILES string of the molecule is CF.Cc1cc(F)c(C)c(F)c1F. The van der Waals surface area contributed by atoms with E-state index in [0.29, 0.717) is 7.18 Å². The Labute approximate surface area is 74.2 Å². The first-order chi connectivity index (χ1) is 6.04. The van der Waals surface area contributed by atoms with Crippen molar-refractivity contribution < 1.29 is 17.6 Å². The van der Waals surface area contributed by atoms with Gasteiger partial charge in [0.15, 0.2) is 11.6 Å². The average molecular weight is 194 g/mol. The standard InChI is InChI=1S/C8H7F3.CH3F/c1-4-3-6(9)5(2)8(11)7(4)10;1-2/h3H,1-2H3;1H3. The molecule has 1 aromatic carbocycles. The number of alkyl halides is 1. The van der Waals surface area contributed by atoms with Gasteiger partial charge in [0.2, 0.25) is 0 Å². The van der Waals surface area contributed by atoms with Crippen molar-refractivity contribution in [1.29, 1.82) is 0 Å². The van der Waals surface area contributed by atoms with E-state index in [1.165, 1.54) is 13.8 Å². The lowest BCUT2D eigenvalue weighted by molar-refractivity contribution is 0.480. The largest absolute Gasteiger partial charge is 0.255 e. The first-order valence-electron chi connectivity index (χ1n) is 3.52. The minimum absolute atomic E-state index is 0.00870. The van der Waals surface area contributed by atoms with Crippen molar-refractivity contribution in [2.24, 2.45) is 0 Å². The number of hydrogen-bond donors (Lipinski definition) is 0. The molecule has 1 aromatic rings. The van der Waals surface area contributed by atoms with E-state index in [4.69, 9.17) is 0 Å². The van der Waals surface area contributed by atoms with Gasteiger partial charge in [0.1, 0.15) is 5.82 Å². The quantitative estimate of drug-likeness (QED) is 0.439. The maximum atomic E-state index is 12.6. The molecule has 0 nitrogen and oxygen atoms in total. The zero-order chi connectivity index (χ0) is 10.6. The molecule has 0 N–H and O–H groups in total. The van der Waals surface area contributed by atoms with Crippen molar-refractivity contribution in [3.05, 3.63) is 34.6 Å². The summed E-state index contributed by atoms with van der Waals surface area (Å²) < 4.78 is 47.4. The van der Waals surface area contributed by atoms with Crippen LogP contribution in [0.25, 0.3) is 0 Å². The Balaban J connectivity index is 0.000000671. The third-order valence-corrected chi connectivity index (χ3v) is 1.57. The van der Waals surface area contributed by atoms with Gasteiger partial charge in [0.25, 0.3) is 0 Å². The van der Waals surface area contributed by atoms with E-state index in [1.54, 1.807) is 0 Å². The lowest BCUT2D eigenvalue weighted by Gasteiger charge is -2.01. The van der Waals surface area contributed by atoms with E-state index in [9.17, 15) is 17.6 Å². The Morgan fingerprint density at radius 1 is 0.923 bits per heavy atom. The van der Waals surface area contributed by atoms with E-state index in [0.717, 1.165) is 6.07 Å². The van der Waals surface area contributed by atoms with Crippen molar-refractivity contribution in [1.82, 2.24) is 0 Å². The molecule has 0 unspecified atom stereocenters. The Hall–Kier alpha value is -1.06. The van der Waals surface area contributed by atoms with Crippen LogP contribution in [0.4, 0.5) is 17.6 Å². The normalized spacial score (nSPS) is 9.15. The summed E-state index contributed by atoms with van der Waals surface area (Å²) in [4.78, 5) is 0. The highest BCUT2D eigenvalue weighted by molar-refractivity contribution is 5.25. The number of rotatable bonds is 0. The summed E-state index contributed by atoms with van der Waals surface area (Å²) in [5.74, 6) is -2.77. The zero-order valence-electron chi connectivity index (χ0n) is 7.59. The van der Waals surface area contributed by atoms with Gasteiger partial charge in [-0.15, -0.1) is 0 Å². The monoisotopic (exact) mass is 194 g/mol. The van der Waals surface area contributed by atoms with Gasteiger partial charge in [0.05, 0.1) is 7.18 Å². The summed E-state index contributed by atoms with van der Waals surface area (Å²) >= 11 is 0. The maximum Gasteiger partial charge on any atom is 0.164 e. The van der Waals surface area contributed by atoms with Gasteiger partial charge in [-0.1, -0.05) is 0 Å². The van der Waals surface area contributed by atoms with Crippen LogP contribution in [0.5, 0.6) is 0 Å². The lowest BCUT2D eigenvalue weighted by atomic mass is 10.1. The summed E-state index contributed by atoms with van der Waals surface area (Å²) in [5, 5.41) is 0. The minimum atomic E-state index is -1.09. The van der Waals surface area contributed by atoms with Crippen molar-refractivity contribution in [2.45, 2.75) is 13.8 Å². The number of aryl methyl sites for hydroxylation is 1. The van der Waals surface area contributed by atoms with Crippen molar-refractivity contribution >= 4 is 0 Å². The van der Waals surface area contributed by atoms with Crippen molar-refractivity contribution in [3.8, 4) is 0 Å². The zero-order valence-corrected chi connectivity index (χ0v) is 7.59. The first kappa shape index (κ1) is 11.9. The molecule has 0 radical (unpaired) electrons. The molecule has 13 heavy (non-hydrogen) atoms. The third kappa shape index (κ3) is 2.44. The second kappa shape index (κ2) is 4.84. The van der Waals surface area contributed by atoms with Crippen LogP contribution in [0, 0.1) is 31.3 Å². The van der Waals surface area contributed by atoms with E-state index in [-0.39, 0.29) is 11.1 Å². The molecule has 0 aromatic heterocycles. The minimum Gasteiger partial charge on any atom is -0.255 e. The molecule has 0 fully saturated rings. The van der Waals surface area contributed by atoms with E-state index in [2.05, 4.69) is 0 Å². The predicted octanol–water partition coefficient (Wildman–Crippen LogP) is 3.31. The predicted molar refractivity (Wildman–Crippen MR) is 42.8 cm³/mol. The molecule has 0 saturated carbocycles. The summed E-state index contributed by atoms with van der Waals surface area (Å²) in [5.41, 5.74) is -0.279. The summed E-state index contributed by atoms with van der Waals surface area (Å²) in [7, 11) is 0.500. The highest BCUT2D eigenvalue weighted by Gasteiger charge is 2.12. The molecule has 4 heteroatoms. The fourth-order valence-electron chi connectivity index (χ4n) is 0.804. The smallest absolute Gasteiger partial charge is 0.164 e. The molecule has 0 heterocycles. The summed E-state index contributed by atoms with van der Waals surface area (Å²) in [6.45, 7) is 2.52. The fourth-order valence-corrected chi connectivity index (χ4v) is 0.804. The van der Waals surface area contributed by atoms with Crippen LogP contribution in [0.1, 0.15) is 11.1 Å². The third-order valence-electron chi connectivity index (χ3n) is 1.57. The van der Waals surface area contributed by atoms with Gasteiger partial charge in [-0.2, -0.15) is 0 Å². The van der Waals surface area contributed by atoms with Crippen LogP contribution in [-0.2, 0) is 0 Å². The molecule has 0 atom stereocenters. The molecule has 0 aliphatic carbocycles. The Kier molecular flexibility index (Phi) is 4.45. The van der Waals surface area contributed by atoms with Crippen LogP contribution in [0.3, 0.4) is 0 Å². The summed E-state index contributed by atoms with van der Waals surface area (Å²) in [6.07, 6.45) is 0. The summed E-state index contributed by atoms with van der Waals surface area (Å²) in [6, 6.07) is 0.980. The molecule has 74 valence electrons. The van der Waals surface area contributed by atoms with Gasteiger partial charge in [0, 0.05) is 5.56 Å². The highest BCUT2D eigenvalue weighted by Crippen LogP contribution is 2.17. The van der Waals surface area contributed by atoms with Crippen LogP contribution < -0.4 is 0 Å². The molecule has 1 rings (SSSR count). The van der Waals surface area contributed by atoms with Gasteiger partial charge in [-0.05, 0) is 25.5 Å². The van der Waals surface area contributed by atoms with E-state index in [1.807, 2.05) is 0 Å². The molecule has 0 aliphatic rings. The fraction of sp³-hybridized carbons (Fsp3) is 0.333. The number of halogens is 4. The van der Waals surface area contributed by atoms with Crippen molar-refractivity contribution in [3.63, 3.8) is 0 Å². The molecular formula is C9H10F4. The lowest BCUT2D eigenvalue weighted by Crippen LogP contribution is -1.96. The van der Waals surface area contributed by atoms with Crippen molar-refractivity contribution in [2.75, 3.05) is 7.18 Å². The van der Waals surface area contributed by atoms with E-state index < -0.39 is 17.5 Å². The second-order valence-corrected chi connectivity index (χ2v) is 2.43. The highest BCUT2D eigenvalue weighted by atomic mass is 19.2. The molecule has 0 aliphatic heterocycles. The maximum absolute atomic E-state index is 12.6. The van der Waals surface area contributed by atoms with Crippen LogP contribution in [0.2, 0.25) is 0 Å². The molecule has 0 amide bonds. The Morgan fingerprint density at radius 2 is 1.38 bits per heavy atom. The Bertz CT molecular complexity index is 268. The second-order valence-electron chi connectivity index (χ2n) is 2.43. The molecule has 0 bridgehead atoms. The van der Waals surface area contributed by atoms with Gasteiger partial charge in [-0.3, -0.25) is 4.39 Å². The van der Waals surface area contributed by atoms with E-state index >= 15 is 0 Å².